The van der Waals surface area contributed by atoms with Gasteiger partial charge in [-0.25, -0.2) is 4.98 Å². The molecule has 1 amide bonds. The smallest absolute Gasteiger partial charge is 0.271 e. The number of rotatable bonds is 5. The fraction of sp³-hybridized carbons (Fsp3) is 0.667. The third kappa shape index (κ3) is 2.99. The van der Waals surface area contributed by atoms with Crippen LogP contribution in [0.2, 0.25) is 0 Å². The van der Waals surface area contributed by atoms with Gasteiger partial charge in [0.25, 0.3) is 5.91 Å². The molecule has 0 atom stereocenters. The van der Waals surface area contributed by atoms with Crippen molar-refractivity contribution >= 4 is 11.9 Å². The maximum atomic E-state index is 11.8. The van der Waals surface area contributed by atoms with E-state index in [1.54, 1.807) is 0 Å². The van der Waals surface area contributed by atoms with Gasteiger partial charge in [0.1, 0.15) is 5.69 Å². The van der Waals surface area contributed by atoms with Crippen molar-refractivity contribution in [3.05, 3.63) is 11.9 Å². The van der Waals surface area contributed by atoms with E-state index in [4.69, 9.17) is 0 Å². The van der Waals surface area contributed by atoms with Crippen LogP contribution in [0.1, 0.15) is 43.1 Å². The number of aromatic nitrogens is 2. The number of nitrogens with one attached hydrogen (secondary N) is 2. The fourth-order valence-electron chi connectivity index (χ4n) is 1.95. The summed E-state index contributed by atoms with van der Waals surface area (Å²) >= 11 is 0. The molecule has 1 aromatic heterocycles. The number of carbonyl (C=O) groups is 1. The summed E-state index contributed by atoms with van der Waals surface area (Å²) in [6.45, 7) is 4.77. The van der Waals surface area contributed by atoms with Crippen molar-refractivity contribution in [2.75, 3.05) is 18.4 Å². The Balaban J connectivity index is 1.88. The Hall–Kier alpha value is -1.52. The minimum absolute atomic E-state index is 0.0650. The predicted molar refractivity (Wildman–Crippen MR) is 67.2 cm³/mol. The van der Waals surface area contributed by atoms with Crippen LogP contribution in [-0.2, 0) is 6.54 Å². The quantitative estimate of drug-likeness (QED) is 0.764. The van der Waals surface area contributed by atoms with Crippen LogP contribution in [0.15, 0.2) is 6.20 Å². The molecule has 0 bridgehead atoms. The van der Waals surface area contributed by atoms with Crippen LogP contribution in [0.25, 0.3) is 0 Å². The lowest BCUT2D eigenvalue weighted by atomic mass is 10.2. The first-order valence-electron chi connectivity index (χ1n) is 6.40. The molecule has 1 aliphatic rings. The average molecular weight is 236 g/mol. The molecule has 2 N–H and O–H groups in total. The number of imidazole rings is 1. The summed E-state index contributed by atoms with van der Waals surface area (Å²) in [5.41, 5.74) is 0.519. The average Bonchev–Trinajstić information content (AvgIpc) is 2.78. The lowest BCUT2D eigenvalue weighted by molar-refractivity contribution is 0.0948. The molecule has 0 aliphatic carbocycles. The maximum Gasteiger partial charge on any atom is 0.271 e. The number of anilines is 1. The van der Waals surface area contributed by atoms with E-state index in [0.717, 1.165) is 44.8 Å². The van der Waals surface area contributed by atoms with Crippen LogP contribution in [0.4, 0.5) is 5.95 Å². The van der Waals surface area contributed by atoms with E-state index < -0.39 is 0 Å². The van der Waals surface area contributed by atoms with Crippen LogP contribution in [-0.4, -0.2) is 28.5 Å². The van der Waals surface area contributed by atoms with E-state index >= 15 is 0 Å². The highest BCUT2D eigenvalue weighted by atomic mass is 16.1. The Kier molecular flexibility index (Phi) is 4.01. The summed E-state index contributed by atoms with van der Waals surface area (Å²) in [4.78, 5) is 16.1. The molecule has 5 nitrogen and oxygen atoms in total. The number of fused-ring (bicyclic) bond motifs is 1. The van der Waals surface area contributed by atoms with Gasteiger partial charge in [0.2, 0.25) is 5.95 Å². The van der Waals surface area contributed by atoms with Gasteiger partial charge in [-0.1, -0.05) is 19.8 Å². The van der Waals surface area contributed by atoms with Crippen molar-refractivity contribution in [3.63, 3.8) is 0 Å². The summed E-state index contributed by atoms with van der Waals surface area (Å²) < 4.78 is 2.00. The molecular formula is C12H20N4O. The van der Waals surface area contributed by atoms with Crippen molar-refractivity contribution in [3.8, 4) is 0 Å². The van der Waals surface area contributed by atoms with E-state index in [2.05, 4.69) is 22.5 Å². The number of hydrogen-bond donors (Lipinski definition) is 2. The van der Waals surface area contributed by atoms with Gasteiger partial charge in [0, 0.05) is 25.8 Å². The molecule has 0 aromatic carbocycles. The Morgan fingerprint density at radius 2 is 2.47 bits per heavy atom. The van der Waals surface area contributed by atoms with Gasteiger partial charge < -0.3 is 15.2 Å². The van der Waals surface area contributed by atoms with Crippen molar-refractivity contribution in [2.45, 2.75) is 39.2 Å². The van der Waals surface area contributed by atoms with E-state index in [0.29, 0.717) is 5.69 Å². The minimum atomic E-state index is -0.0650. The molecule has 0 saturated heterocycles. The van der Waals surface area contributed by atoms with Crippen molar-refractivity contribution in [2.24, 2.45) is 0 Å². The van der Waals surface area contributed by atoms with Crippen LogP contribution in [0.3, 0.4) is 0 Å². The lowest BCUT2D eigenvalue weighted by Gasteiger charge is -2.14. The molecule has 94 valence electrons. The number of aryl methyl sites for hydroxylation is 1. The molecule has 0 unspecified atom stereocenters. The Morgan fingerprint density at radius 3 is 3.24 bits per heavy atom. The molecule has 0 saturated carbocycles. The predicted octanol–water partition coefficient (Wildman–Crippen LogP) is 1.62. The molecule has 2 rings (SSSR count). The van der Waals surface area contributed by atoms with Gasteiger partial charge in [-0.15, -0.1) is 0 Å². The first-order valence-corrected chi connectivity index (χ1v) is 6.40. The first kappa shape index (κ1) is 12.0. The highest BCUT2D eigenvalue weighted by molar-refractivity contribution is 5.92. The second kappa shape index (κ2) is 5.70. The van der Waals surface area contributed by atoms with Crippen LogP contribution in [0.5, 0.6) is 0 Å². The first-order chi connectivity index (χ1) is 8.31. The monoisotopic (exact) mass is 236 g/mol. The molecular weight excluding hydrogens is 216 g/mol. The zero-order valence-electron chi connectivity index (χ0n) is 10.3. The zero-order chi connectivity index (χ0) is 12.1. The Morgan fingerprint density at radius 1 is 1.59 bits per heavy atom. The largest absolute Gasteiger partial charge is 0.356 e. The zero-order valence-corrected chi connectivity index (χ0v) is 10.3. The SMILES string of the molecule is CCCCCNC(=O)c1cn2c(n1)NCCC2. The molecule has 0 fully saturated rings. The summed E-state index contributed by atoms with van der Waals surface area (Å²) in [7, 11) is 0. The van der Waals surface area contributed by atoms with Crippen molar-refractivity contribution in [1.82, 2.24) is 14.9 Å². The molecule has 0 spiro atoms. The number of nitrogens with zero attached hydrogens (tertiary/aromatic N) is 2. The summed E-state index contributed by atoms with van der Waals surface area (Å²) in [6.07, 6.45) is 6.27. The molecule has 17 heavy (non-hydrogen) atoms. The van der Waals surface area contributed by atoms with E-state index in [9.17, 15) is 4.79 Å². The van der Waals surface area contributed by atoms with E-state index in [1.807, 2.05) is 10.8 Å². The van der Waals surface area contributed by atoms with E-state index in [1.165, 1.54) is 6.42 Å². The second-order valence-corrected chi connectivity index (χ2v) is 4.39. The van der Waals surface area contributed by atoms with Crippen LogP contribution >= 0.6 is 0 Å². The Bertz CT molecular complexity index is 362. The van der Waals surface area contributed by atoms with Gasteiger partial charge in [-0.3, -0.25) is 4.79 Å². The van der Waals surface area contributed by atoms with Gasteiger partial charge in [-0.05, 0) is 12.8 Å². The van der Waals surface area contributed by atoms with E-state index in [-0.39, 0.29) is 5.91 Å². The third-order valence-electron chi connectivity index (χ3n) is 2.93. The number of amides is 1. The number of unbranched alkanes of at least 4 members (excludes halogenated alkanes) is 2. The molecule has 0 radical (unpaired) electrons. The highest BCUT2D eigenvalue weighted by Gasteiger charge is 2.15. The van der Waals surface area contributed by atoms with Crippen molar-refractivity contribution in [1.29, 1.82) is 0 Å². The topological polar surface area (TPSA) is 59.0 Å². The van der Waals surface area contributed by atoms with Crippen LogP contribution in [0, 0.1) is 0 Å². The summed E-state index contributed by atoms with van der Waals surface area (Å²) in [5.74, 6) is 0.750. The fourth-order valence-corrected chi connectivity index (χ4v) is 1.95. The molecule has 2 heterocycles. The number of carbonyl (C=O) groups excluding carboxylic acids is 1. The normalized spacial score (nSPS) is 13.9. The second-order valence-electron chi connectivity index (χ2n) is 4.39. The van der Waals surface area contributed by atoms with Crippen LogP contribution < -0.4 is 10.6 Å². The minimum Gasteiger partial charge on any atom is -0.356 e. The molecule has 1 aromatic rings. The Labute approximate surface area is 102 Å². The lowest BCUT2D eigenvalue weighted by Crippen LogP contribution is -2.24. The van der Waals surface area contributed by atoms with Crippen molar-refractivity contribution < 1.29 is 4.79 Å². The molecule has 5 heteroatoms. The number of hydrogen-bond acceptors (Lipinski definition) is 3. The molecule has 1 aliphatic heterocycles. The van der Waals surface area contributed by atoms with Gasteiger partial charge in [-0.2, -0.15) is 0 Å². The highest BCUT2D eigenvalue weighted by Crippen LogP contribution is 2.13. The maximum absolute atomic E-state index is 11.8. The standard InChI is InChI=1S/C12H20N4O/c1-2-3-4-6-13-11(17)10-9-16-8-5-7-14-12(16)15-10/h9H,2-8H2,1H3,(H,13,17)(H,14,15). The van der Waals surface area contributed by atoms with Gasteiger partial charge in [0.05, 0.1) is 0 Å². The third-order valence-corrected chi connectivity index (χ3v) is 2.93. The summed E-state index contributed by atoms with van der Waals surface area (Å²) in [5, 5.41) is 6.09. The van der Waals surface area contributed by atoms with Gasteiger partial charge in [0.15, 0.2) is 0 Å². The van der Waals surface area contributed by atoms with Gasteiger partial charge >= 0.3 is 0 Å². The summed E-state index contributed by atoms with van der Waals surface area (Å²) in [6, 6.07) is 0.